The van der Waals surface area contributed by atoms with Gasteiger partial charge >= 0.3 is 0 Å². The van der Waals surface area contributed by atoms with Crippen LogP contribution in [0.4, 0.5) is 4.39 Å². The minimum absolute atomic E-state index is 0.0332. The number of fused-ring (bicyclic) bond motifs is 1. The molecular formula is C12H16FNO3S. The van der Waals surface area contributed by atoms with Gasteiger partial charge in [0.05, 0.1) is 18.4 Å². The Kier molecular flexibility index (Phi) is 3.59. The standard InChI is InChI=1S/C12H16FNO3S/c1-3-18(15,16)14(2)11-6-7-17-12-5-4-9(13)8-10(11)12/h4-5,8,11H,3,6-7H2,1-2H3. The molecule has 0 bridgehead atoms. The van der Waals surface area contributed by atoms with Gasteiger partial charge < -0.3 is 4.74 Å². The Balaban J connectivity index is 2.41. The van der Waals surface area contributed by atoms with Crippen LogP contribution in [-0.2, 0) is 10.0 Å². The Morgan fingerprint density at radius 2 is 2.22 bits per heavy atom. The van der Waals surface area contributed by atoms with Crippen molar-refractivity contribution in [2.75, 3.05) is 19.4 Å². The third kappa shape index (κ3) is 2.35. The van der Waals surface area contributed by atoms with Gasteiger partial charge in [-0.3, -0.25) is 0 Å². The highest BCUT2D eigenvalue weighted by Crippen LogP contribution is 2.36. The van der Waals surface area contributed by atoms with Crippen molar-refractivity contribution in [3.63, 3.8) is 0 Å². The van der Waals surface area contributed by atoms with Gasteiger partial charge in [-0.1, -0.05) is 0 Å². The molecule has 6 heteroatoms. The number of halogens is 1. The molecule has 0 saturated heterocycles. The maximum Gasteiger partial charge on any atom is 0.214 e. The van der Waals surface area contributed by atoms with Crippen molar-refractivity contribution in [3.8, 4) is 5.75 Å². The van der Waals surface area contributed by atoms with E-state index in [-0.39, 0.29) is 17.6 Å². The first-order valence-corrected chi connectivity index (χ1v) is 7.44. The van der Waals surface area contributed by atoms with Crippen LogP contribution in [0.1, 0.15) is 24.9 Å². The highest BCUT2D eigenvalue weighted by Gasteiger charge is 2.31. The van der Waals surface area contributed by atoms with Gasteiger partial charge in [0, 0.05) is 19.0 Å². The van der Waals surface area contributed by atoms with Crippen LogP contribution in [0.3, 0.4) is 0 Å². The van der Waals surface area contributed by atoms with E-state index in [0.717, 1.165) is 0 Å². The summed E-state index contributed by atoms with van der Waals surface area (Å²) in [6.45, 7) is 2.03. The van der Waals surface area contributed by atoms with Gasteiger partial charge in [0.25, 0.3) is 0 Å². The molecule has 0 radical (unpaired) electrons. The molecule has 1 heterocycles. The maximum absolute atomic E-state index is 13.3. The van der Waals surface area contributed by atoms with Crippen molar-refractivity contribution < 1.29 is 17.5 Å². The van der Waals surface area contributed by atoms with E-state index in [2.05, 4.69) is 0 Å². The lowest BCUT2D eigenvalue weighted by molar-refractivity contribution is 0.220. The molecule has 18 heavy (non-hydrogen) atoms. The highest BCUT2D eigenvalue weighted by molar-refractivity contribution is 7.89. The lowest BCUT2D eigenvalue weighted by Gasteiger charge is -2.32. The molecule has 1 aromatic carbocycles. The molecule has 0 saturated carbocycles. The Labute approximate surface area is 106 Å². The van der Waals surface area contributed by atoms with Crippen molar-refractivity contribution in [1.82, 2.24) is 4.31 Å². The van der Waals surface area contributed by atoms with Crippen molar-refractivity contribution in [3.05, 3.63) is 29.6 Å². The van der Waals surface area contributed by atoms with Crippen LogP contribution in [0.15, 0.2) is 18.2 Å². The second-order valence-corrected chi connectivity index (χ2v) is 6.57. The van der Waals surface area contributed by atoms with Crippen LogP contribution in [0.5, 0.6) is 5.75 Å². The smallest absolute Gasteiger partial charge is 0.214 e. The van der Waals surface area contributed by atoms with Crippen LogP contribution in [0.25, 0.3) is 0 Å². The lowest BCUT2D eigenvalue weighted by Crippen LogP contribution is -2.35. The van der Waals surface area contributed by atoms with E-state index in [1.165, 1.54) is 23.5 Å². The largest absolute Gasteiger partial charge is 0.493 e. The fourth-order valence-corrected chi connectivity index (χ4v) is 3.14. The summed E-state index contributed by atoms with van der Waals surface area (Å²) in [6, 6.07) is 3.86. The summed E-state index contributed by atoms with van der Waals surface area (Å²) in [7, 11) is -1.77. The molecule has 0 N–H and O–H groups in total. The zero-order chi connectivity index (χ0) is 13.3. The van der Waals surface area contributed by atoms with Crippen LogP contribution >= 0.6 is 0 Å². The molecule has 0 aromatic heterocycles. The van der Waals surface area contributed by atoms with E-state index in [9.17, 15) is 12.8 Å². The summed E-state index contributed by atoms with van der Waals surface area (Å²) >= 11 is 0. The van der Waals surface area contributed by atoms with Gasteiger partial charge in [-0.15, -0.1) is 0 Å². The molecule has 1 atom stereocenters. The van der Waals surface area contributed by atoms with Gasteiger partial charge in [0.1, 0.15) is 11.6 Å². The molecule has 0 amide bonds. The Hall–Kier alpha value is -1.14. The van der Waals surface area contributed by atoms with E-state index < -0.39 is 10.0 Å². The summed E-state index contributed by atoms with van der Waals surface area (Å²) in [6.07, 6.45) is 0.534. The first-order chi connectivity index (χ1) is 8.45. The third-order valence-corrected chi connectivity index (χ3v) is 5.08. The van der Waals surface area contributed by atoms with Crippen molar-refractivity contribution in [1.29, 1.82) is 0 Å². The molecule has 100 valence electrons. The minimum Gasteiger partial charge on any atom is -0.493 e. The van der Waals surface area contributed by atoms with Crippen molar-refractivity contribution >= 4 is 10.0 Å². The van der Waals surface area contributed by atoms with E-state index in [1.807, 2.05) is 0 Å². The van der Waals surface area contributed by atoms with Gasteiger partial charge in [0.15, 0.2) is 0 Å². The predicted octanol–water partition coefficient (Wildman–Crippen LogP) is 1.93. The SMILES string of the molecule is CCS(=O)(=O)N(C)C1CCOc2ccc(F)cc21. The molecule has 0 fully saturated rings. The number of rotatable bonds is 3. The quantitative estimate of drug-likeness (QED) is 0.845. The summed E-state index contributed by atoms with van der Waals surface area (Å²) in [4.78, 5) is 0. The maximum atomic E-state index is 13.3. The lowest BCUT2D eigenvalue weighted by atomic mass is 10.0. The molecule has 1 unspecified atom stereocenters. The van der Waals surface area contributed by atoms with E-state index in [4.69, 9.17) is 4.74 Å². The first-order valence-electron chi connectivity index (χ1n) is 5.83. The topological polar surface area (TPSA) is 46.6 Å². The average Bonchev–Trinajstić information content (AvgIpc) is 2.37. The van der Waals surface area contributed by atoms with Gasteiger partial charge in [-0.2, -0.15) is 4.31 Å². The summed E-state index contributed by atoms with van der Waals surface area (Å²) in [5.41, 5.74) is 0.598. The number of sulfonamides is 1. The molecule has 0 aliphatic carbocycles. The number of hydrogen-bond acceptors (Lipinski definition) is 3. The third-order valence-electron chi connectivity index (χ3n) is 3.22. The molecule has 4 nitrogen and oxygen atoms in total. The van der Waals surface area contributed by atoms with Crippen LogP contribution in [0, 0.1) is 5.82 Å². The summed E-state index contributed by atoms with van der Waals surface area (Å²) in [5, 5.41) is 0. The monoisotopic (exact) mass is 273 g/mol. The normalized spacial score (nSPS) is 19.4. The predicted molar refractivity (Wildman–Crippen MR) is 66.5 cm³/mol. The van der Waals surface area contributed by atoms with Crippen LogP contribution in [-0.4, -0.2) is 32.1 Å². The number of nitrogens with zero attached hydrogens (tertiary/aromatic N) is 1. The molecule has 1 aliphatic rings. The Bertz CT molecular complexity index is 544. The van der Waals surface area contributed by atoms with E-state index >= 15 is 0 Å². The zero-order valence-corrected chi connectivity index (χ0v) is 11.2. The summed E-state index contributed by atoms with van der Waals surface area (Å²) in [5.74, 6) is 0.211. The Morgan fingerprint density at radius 3 is 2.89 bits per heavy atom. The molecule has 1 aromatic rings. The molecular weight excluding hydrogens is 257 g/mol. The minimum atomic E-state index is -3.30. The first kappa shape index (κ1) is 13.3. The number of ether oxygens (including phenoxy) is 1. The highest BCUT2D eigenvalue weighted by atomic mass is 32.2. The molecule has 0 spiro atoms. The fourth-order valence-electron chi connectivity index (χ4n) is 2.12. The molecule has 1 aliphatic heterocycles. The van der Waals surface area contributed by atoms with E-state index in [0.29, 0.717) is 24.3 Å². The zero-order valence-electron chi connectivity index (χ0n) is 10.4. The summed E-state index contributed by atoms with van der Waals surface area (Å²) < 4.78 is 43.8. The molecule has 2 rings (SSSR count). The van der Waals surface area contributed by atoms with Gasteiger partial charge in [-0.25, -0.2) is 12.8 Å². The average molecular weight is 273 g/mol. The van der Waals surface area contributed by atoms with Crippen LogP contribution in [0.2, 0.25) is 0 Å². The second kappa shape index (κ2) is 4.85. The van der Waals surface area contributed by atoms with Crippen LogP contribution < -0.4 is 4.74 Å². The van der Waals surface area contributed by atoms with Gasteiger partial charge in [-0.05, 0) is 25.1 Å². The van der Waals surface area contributed by atoms with Crippen molar-refractivity contribution in [2.45, 2.75) is 19.4 Å². The van der Waals surface area contributed by atoms with Gasteiger partial charge in [0.2, 0.25) is 10.0 Å². The number of hydrogen-bond donors (Lipinski definition) is 0. The number of benzene rings is 1. The Morgan fingerprint density at radius 1 is 1.50 bits per heavy atom. The van der Waals surface area contributed by atoms with E-state index in [1.54, 1.807) is 13.0 Å². The second-order valence-electron chi connectivity index (χ2n) is 4.25. The fraction of sp³-hybridized carbons (Fsp3) is 0.500. The van der Waals surface area contributed by atoms with Crippen molar-refractivity contribution in [2.24, 2.45) is 0 Å².